The smallest absolute Gasteiger partial charge is 0.273 e. The number of carbonyl (C=O) groups excluding carboxylic acids is 1. The highest BCUT2D eigenvalue weighted by Gasteiger charge is 2.11. The number of fused-ring (bicyclic) bond motifs is 1. The highest BCUT2D eigenvalue weighted by Crippen LogP contribution is 2.02. The van der Waals surface area contributed by atoms with Gasteiger partial charge in [0.05, 0.1) is 10.8 Å². The molecular formula is C15H19N3O3. The minimum absolute atomic E-state index is 0.0466. The summed E-state index contributed by atoms with van der Waals surface area (Å²) in [5.74, 6) is -0.288. The van der Waals surface area contributed by atoms with Crippen molar-refractivity contribution in [2.45, 2.75) is 39.3 Å². The quantitative estimate of drug-likeness (QED) is 0.861. The molecule has 112 valence electrons. The van der Waals surface area contributed by atoms with Crippen molar-refractivity contribution in [3.05, 3.63) is 45.0 Å². The molecule has 0 aliphatic heterocycles. The number of benzene rings is 1. The maximum absolute atomic E-state index is 12.2. The van der Waals surface area contributed by atoms with Crippen LogP contribution in [0, 0.1) is 0 Å². The summed E-state index contributed by atoms with van der Waals surface area (Å²) in [5, 5.41) is 5.89. The first-order valence-electron chi connectivity index (χ1n) is 7.04. The predicted molar refractivity (Wildman–Crippen MR) is 81.3 cm³/mol. The van der Waals surface area contributed by atoms with Gasteiger partial charge in [-0.3, -0.25) is 19.5 Å². The van der Waals surface area contributed by atoms with Crippen molar-refractivity contribution in [1.82, 2.24) is 15.1 Å². The van der Waals surface area contributed by atoms with Gasteiger partial charge in [-0.05, 0) is 25.5 Å². The Hall–Kier alpha value is -2.37. The fraction of sp³-hybridized carbons (Fsp3) is 0.400. The number of amides is 1. The van der Waals surface area contributed by atoms with Gasteiger partial charge < -0.3 is 5.32 Å². The Morgan fingerprint density at radius 1 is 1.29 bits per heavy atom. The third-order valence-electron chi connectivity index (χ3n) is 3.31. The normalized spacial score (nSPS) is 12.3. The van der Waals surface area contributed by atoms with Gasteiger partial charge in [0, 0.05) is 6.04 Å². The predicted octanol–water partition coefficient (Wildman–Crippen LogP) is 0.995. The summed E-state index contributed by atoms with van der Waals surface area (Å²) in [6.45, 7) is 3.76. The van der Waals surface area contributed by atoms with Crippen LogP contribution in [0.1, 0.15) is 26.7 Å². The molecule has 0 bridgehead atoms. The Morgan fingerprint density at radius 2 is 1.95 bits per heavy atom. The largest absolute Gasteiger partial charge is 0.352 e. The molecule has 0 saturated heterocycles. The van der Waals surface area contributed by atoms with Crippen LogP contribution in [0.25, 0.3) is 10.8 Å². The van der Waals surface area contributed by atoms with E-state index in [1.807, 2.05) is 13.8 Å². The summed E-state index contributed by atoms with van der Waals surface area (Å²) >= 11 is 0. The van der Waals surface area contributed by atoms with Gasteiger partial charge in [-0.15, -0.1) is 0 Å². The van der Waals surface area contributed by atoms with E-state index in [1.165, 1.54) is 0 Å². The zero-order chi connectivity index (χ0) is 15.4. The van der Waals surface area contributed by atoms with Gasteiger partial charge >= 0.3 is 0 Å². The number of hydrogen-bond acceptors (Lipinski definition) is 3. The Morgan fingerprint density at radius 3 is 2.62 bits per heavy atom. The summed E-state index contributed by atoms with van der Waals surface area (Å²) in [6.07, 6.45) is 1.84. The van der Waals surface area contributed by atoms with Crippen molar-refractivity contribution in [3.63, 3.8) is 0 Å². The summed E-state index contributed by atoms with van der Waals surface area (Å²) in [6, 6.07) is 6.60. The summed E-state index contributed by atoms with van der Waals surface area (Å²) < 4.78 is 1.05. The third kappa shape index (κ3) is 3.39. The number of rotatable bonds is 5. The summed E-state index contributed by atoms with van der Waals surface area (Å²) in [4.78, 5) is 36.1. The first-order valence-corrected chi connectivity index (χ1v) is 7.04. The van der Waals surface area contributed by atoms with E-state index in [0.717, 1.165) is 17.5 Å². The van der Waals surface area contributed by atoms with Crippen molar-refractivity contribution >= 4 is 16.7 Å². The fourth-order valence-corrected chi connectivity index (χ4v) is 2.33. The van der Waals surface area contributed by atoms with E-state index in [-0.39, 0.29) is 29.6 Å². The molecule has 0 unspecified atom stereocenters. The first kappa shape index (κ1) is 15.0. The molecule has 0 fully saturated rings. The molecule has 6 nitrogen and oxygen atoms in total. The highest BCUT2D eigenvalue weighted by atomic mass is 16.2. The fourth-order valence-electron chi connectivity index (χ4n) is 2.33. The van der Waals surface area contributed by atoms with Crippen molar-refractivity contribution in [2.24, 2.45) is 0 Å². The van der Waals surface area contributed by atoms with Crippen LogP contribution in [0.5, 0.6) is 0 Å². The van der Waals surface area contributed by atoms with Crippen LogP contribution in [0.3, 0.4) is 0 Å². The summed E-state index contributed by atoms with van der Waals surface area (Å²) in [5.41, 5.74) is -0.747. The molecule has 0 saturated carbocycles. The second-order valence-corrected chi connectivity index (χ2v) is 5.14. The van der Waals surface area contributed by atoms with Gasteiger partial charge in [-0.1, -0.05) is 25.5 Å². The maximum atomic E-state index is 12.2. The standard InChI is InChI=1S/C15H19N3O3/c1-3-6-10(2)16-13(19)9-18-15(21)12-8-5-4-7-11(12)14(20)17-18/h4-5,7-8,10H,3,6,9H2,1-2H3,(H,16,19)(H,17,20)/t10-/m1/s1. The Kier molecular flexibility index (Phi) is 4.57. The molecule has 1 heterocycles. The maximum Gasteiger partial charge on any atom is 0.273 e. The van der Waals surface area contributed by atoms with Crippen LogP contribution in [-0.2, 0) is 11.3 Å². The van der Waals surface area contributed by atoms with Gasteiger partial charge in [0.15, 0.2) is 0 Å². The van der Waals surface area contributed by atoms with Crippen LogP contribution in [-0.4, -0.2) is 21.7 Å². The lowest BCUT2D eigenvalue weighted by atomic mass is 10.2. The minimum atomic E-state index is -0.375. The van der Waals surface area contributed by atoms with Crippen molar-refractivity contribution in [3.8, 4) is 0 Å². The van der Waals surface area contributed by atoms with Gasteiger partial charge in [0.1, 0.15) is 6.54 Å². The van der Waals surface area contributed by atoms with E-state index in [1.54, 1.807) is 24.3 Å². The number of aromatic nitrogens is 2. The zero-order valence-electron chi connectivity index (χ0n) is 12.2. The van der Waals surface area contributed by atoms with Crippen molar-refractivity contribution < 1.29 is 4.79 Å². The lowest BCUT2D eigenvalue weighted by molar-refractivity contribution is -0.122. The molecule has 1 aromatic carbocycles. The second-order valence-electron chi connectivity index (χ2n) is 5.14. The molecular weight excluding hydrogens is 270 g/mol. The number of nitrogens with zero attached hydrogens (tertiary/aromatic N) is 1. The topological polar surface area (TPSA) is 84.0 Å². The minimum Gasteiger partial charge on any atom is -0.352 e. The van der Waals surface area contributed by atoms with Gasteiger partial charge in [0.2, 0.25) is 5.91 Å². The first-order chi connectivity index (χ1) is 10.0. The van der Waals surface area contributed by atoms with Crippen LogP contribution in [0.15, 0.2) is 33.9 Å². The van der Waals surface area contributed by atoms with Crippen LogP contribution >= 0.6 is 0 Å². The average Bonchev–Trinajstić information content (AvgIpc) is 2.44. The molecule has 6 heteroatoms. The van der Waals surface area contributed by atoms with Crippen LogP contribution < -0.4 is 16.4 Å². The van der Waals surface area contributed by atoms with Crippen LogP contribution in [0.4, 0.5) is 0 Å². The second kappa shape index (κ2) is 6.39. The molecule has 0 aliphatic carbocycles. The van der Waals surface area contributed by atoms with Gasteiger partial charge in [-0.25, -0.2) is 4.68 Å². The average molecular weight is 289 g/mol. The molecule has 2 N–H and O–H groups in total. The van der Waals surface area contributed by atoms with E-state index in [0.29, 0.717) is 10.8 Å². The molecule has 2 rings (SSSR count). The lowest BCUT2D eigenvalue weighted by Crippen LogP contribution is -2.39. The number of H-pyrrole nitrogens is 1. The zero-order valence-corrected chi connectivity index (χ0v) is 12.2. The molecule has 1 atom stereocenters. The molecule has 0 spiro atoms. The van der Waals surface area contributed by atoms with E-state index in [9.17, 15) is 14.4 Å². The SMILES string of the molecule is CCC[C@@H](C)NC(=O)Cn1[nH]c(=O)c2ccccc2c1=O. The Bertz CT molecular complexity index is 761. The number of hydrogen-bond donors (Lipinski definition) is 2. The molecule has 2 aromatic rings. The number of carbonyl (C=O) groups is 1. The monoisotopic (exact) mass is 289 g/mol. The van der Waals surface area contributed by atoms with E-state index >= 15 is 0 Å². The van der Waals surface area contributed by atoms with E-state index in [4.69, 9.17) is 0 Å². The molecule has 1 aromatic heterocycles. The summed E-state index contributed by atoms with van der Waals surface area (Å²) in [7, 11) is 0. The van der Waals surface area contributed by atoms with Gasteiger partial charge in [0.25, 0.3) is 11.1 Å². The van der Waals surface area contributed by atoms with E-state index < -0.39 is 0 Å². The highest BCUT2D eigenvalue weighted by molar-refractivity contribution is 5.81. The van der Waals surface area contributed by atoms with Gasteiger partial charge in [-0.2, -0.15) is 0 Å². The third-order valence-corrected chi connectivity index (χ3v) is 3.31. The van der Waals surface area contributed by atoms with Crippen molar-refractivity contribution in [2.75, 3.05) is 0 Å². The molecule has 21 heavy (non-hydrogen) atoms. The molecule has 1 amide bonds. The van der Waals surface area contributed by atoms with E-state index in [2.05, 4.69) is 10.4 Å². The Balaban J connectivity index is 2.27. The lowest BCUT2D eigenvalue weighted by Gasteiger charge is -2.13. The Labute approximate surface area is 121 Å². The molecule has 0 radical (unpaired) electrons. The number of aromatic amines is 1. The molecule has 0 aliphatic rings. The van der Waals surface area contributed by atoms with Crippen molar-refractivity contribution in [1.29, 1.82) is 0 Å². The van der Waals surface area contributed by atoms with Crippen LogP contribution in [0.2, 0.25) is 0 Å². The number of nitrogens with one attached hydrogen (secondary N) is 2.